The van der Waals surface area contributed by atoms with Crippen molar-refractivity contribution in [3.63, 3.8) is 0 Å². The molecule has 0 spiro atoms. The van der Waals surface area contributed by atoms with E-state index in [1.54, 1.807) is 20.5 Å². The predicted octanol–water partition coefficient (Wildman–Crippen LogP) is 2.88. The third-order valence-corrected chi connectivity index (χ3v) is 4.08. The predicted molar refractivity (Wildman–Crippen MR) is 83.3 cm³/mol. The normalized spacial score (nSPS) is 18.8. The number of fused-ring (bicyclic) bond motifs is 1. The summed E-state index contributed by atoms with van der Waals surface area (Å²) in [6.45, 7) is 4.38. The maximum absolute atomic E-state index is 5.41. The van der Waals surface area contributed by atoms with Crippen LogP contribution in [0.5, 0.6) is 11.5 Å². The number of nitrogens with zero attached hydrogens (tertiary/aromatic N) is 3. The number of hydrogen-bond acceptors (Lipinski definition) is 5. The summed E-state index contributed by atoms with van der Waals surface area (Å²) in [7, 11) is 3.29. The summed E-state index contributed by atoms with van der Waals surface area (Å²) < 4.78 is 10.8. The van der Waals surface area contributed by atoms with Gasteiger partial charge < -0.3 is 14.4 Å². The second kappa shape index (κ2) is 5.76. The molecule has 1 saturated heterocycles. The van der Waals surface area contributed by atoms with Gasteiger partial charge in [-0.25, -0.2) is 9.97 Å². The molecule has 0 aliphatic carbocycles. The fraction of sp³-hybridized carbons (Fsp3) is 0.500. The number of benzene rings is 1. The van der Waals surface area contributed by atoms with Crippen LogP contribution >= 0.6 is 0 Å². The van der Waals surface area contributed by atoms with E-state index < -0.39 is 0 Å². The number of ether oxygens (including phenoxy) is 2. The summed E-state index contributed by atoms with van der Waals surface area (Å²) in [6.07, 6.45) is 4.12. The van der Waals surface area contributed by atoms with E-state index in [0.717, 1.165) is 29.8 Å². The Bertz CT molecular complexity index is 645. The van der Waals surface area contributed by atoms with E-state index in [1.807, 2.05) is 12.1 Å². The topological polar surface area (TPSA) is 47.5 Å². The first kappa shape index (κ1) is 13.9. The zero-order valence-corrected chi connectivity index (χ0v) is 12.8. The highest BCUT2D eigenvalue weighted by Crippen LogP contribution is 2.35. The van der Waals surface area contributed by atoms with Gasteiger partial charge in [0.2, 0.25) is 0 Å². The molecule has 2 heterocycles. The van der Waals surface area contributed by atoms with Crippen LogP contribution < -0.4 is 14.4 Å². The van der Waals surface area contributed by atoms with Gasteiger partial charge in [0.1, 0.15) is 12.1 Å². The summed E-state index contributed by atoms with van der Waals surface area (Å²) in [5.74, 6) is 3.10. The minimum Gasteiger partial charge on any atom is -0.493 e. The van der Waals surface area contributed by atoms with E-state index in [0.29, 0.717) is 17.4 Å². The van der Waals surface area contributed by atoms with E-state index in [4.69, 9.17) is 9.47 Å². The maximum Gasteiger partial charge on any atom is 0.162 e. The lowest BCUT2D eigenvalue weighted by molar-refractivity contribution is 0.355. The lowest BCUT2D eigenvalue weighted by Crippen LogP contribution is -2.34. The summed E-state index contributed by atoms with van der Waals surface area (Å²) in [5, 5.41) is 1.02. The Morgan fingerprint density at radius 1 is 1.14 bits per heavy atom. The van der Waals surface area contributed by atoms with Crippen LogP contribution in [0.1, 0.15) is 19.8 Å². The van der Waals surface area contributed by atoms with Crippen LogP contribution in [0.4, 0.5) is 5.82 Å². The van der Waals surface area contributed by atoms with Gasteiger partial charge in [0, 0.05) is 24.5 Å². The maximum atomic E-state index is 5.41. The fourth-order valence-electron chi connectivity index (χ4n) is 3.00. The average molecular weight is 287 g/mol. The molecule has 1 atom stereocenters. The van der Waals surface area contributed by atoms with E-state index in [1.165, 1.54) is 12.8 Å². The van der Waals surface area contributed by atoms with Crippen molar-refractivity contribution in [2.75, 3.05) is 32.2 Å². The molecular formula is C16H21N3O2. The van der Waals surface area contributed by atoms with Crippen molar-refractivity contribution in [1.82, 2.24) is 9.97 Å². The molecule has 3 rings (SSSR count). The van der Waals surface area contributed by atoms with Gasteiger partial charge in [-0.2, -0.15) is 0 Å². The molecule has 0 saturated carbocycles. The van der Waals surface area contributed by atoms with Crippen LogP contribution in [-0.2, 0) is 0 Å². The minimum atomic E-state index is 0.696. The lowest BCUT2D eigenvalue weighted by atomic mass is 10.00. The van der Waals surface area contributed by atoms with E-state index in [9.17, 15) is 0 Å². The number of anilines is 1. The molecule has 1 fully saturated rings. The van der Waals surface area contributed by atoms with E-state index in [-0.39, 0.29) is 0 Å². The van der Waals surface area contributed by atoms with Gasteiger partial charge >= 0.3 is 0 Å². The number of hydrogen-bond donors (Lipinski definition) is 0. The summed E-state index contributed by atoms with van der Waals surface area (Å²) in [4.78, 5) is 11.2. The van der Waals surface area contributed by atoms with Crippen LogP contribution in [0, 0.1) is 5.92 Å². The summed E-state index contributed by atoms with van der Waals surface area (Å²) in [5.41, 5.74) is 0.885. The molecule has 1 unspecified atom stereocenters. The minimum absolute atomic E-state index is 0.696. The Hall–Kier alpha value is -2.04. The molecule has 1 aromatic heterocycles. The van der Waals surface area contributed by atoms with E-state index in [2.05, 4.69) is 21.8 Å². The first-order chi connectivity index (χ1) is 10.2. The molecule has 1 aromatic carbocycles. The van der Waals surface area contributed by atoms with Crippen molar-refractivity contribution in [3.8, 4) is 11.5 Å². The third kappa shape index (κ3) is 2.60. The van der Waals surface area contributed by atoms with Crippen molar-refractivity contribution in [2.24, 2.45) is 5.92 Å². The summed E-state index contributed by atoms with van der Waals surface area (Å²) in [6, 6.07) is 3.88. The molecule has 0 radical (unpaired) electrons. The fourth-order valence-corrected chi connectivity index (χ4v) is 3.00. The van der Waals surface area contributed by atoms with Gasteiger partial charge in [-0.3, -0.25) is 0 Å². The first-order valence-corrected chi connectivity index (χ1v) is 7.34. The van der Waals surface area contributed by atoms with Gasteiger partial charge in [-0.05, 0) is 24.8 Å². The standard InChI is InChI=1S/C16H21N3O2/c1-11-5-4-6-19(9-11)16-12-7-14(20-2)15(21-3)8-13(12)17-10-18-16/h7-8,10-11H,4-6,9H2,1-3H3. The number of aromatic nitrogens is 2. The van der Waals surface area contributed by atoms with Crippen molar-refractivity contribution in [1.29, 1.82) is 0 Å². The van der Waals surface area contributed by atoms with E-state index >= 15 is 0 Å². The van der Waals surface area contributed by atoms with Crippen LogP contribution in [0.3, 0.4) is 0 Å². The van der Waals surface area contributed by atoms with Crippen molar-refractivity contribution < 1.29 is 9.47 Å². The molecule has 21 heavy (non-hydrogen) atoms. The summed E-state index contributed by atoms with van der Waals surface area (Å²) >= 11 is 0. The zero-order chi connectivity index (χ0) is 14.8. The molecule has 1 aliphatic rings. The van der Waals surface area contributed by atoms with Crippen molar-refractivity contribution >= 4 is 16.7 Å². The molecule has 0 bridgehead atoms. The smallest absolute Gasteiger partial charge is 0.162 e. The Morgan fingerprint density at radius 3 is 2.62 bits per heavy atom. The monoisotopic (exact) mass is 287 g/mol. The van der Waals surface area contributed by atoms with Gasteiger partial charge in [-0.1, -0.05) is 6.92 Å². The van der Waals surface area contributed by atoms with Gasteiger partial charge in [0.05, 0.1) is 19.7 Å². The van der Waals surface area contributed by atoms with Crippen LogP contribution in [-0.4, -0.2) is 37.3 Å². The second-order valence-corrected chi connectivity index (χ2v) is 5.62. The van der Waals surface area contributed by atoms with Crippen molar-refractivity contribution in [3.05, 3.63) is 18.5 Å². The Balaban J connectivity index is 2.10. The molecule has 5 heteroatoms. The quantitative estimate of drug-likeness (QED) is 0.868. The highest BCUT2D eigenvalue weighted by atomic mass is 16.5. The first-order valence-electron chi connectivity index (χ1n) is 7.34. The SMILES string of the molecule is COc1cc2ncnc(N3CCCC(C)C3)c2cc1OC. The second-order valence-electron chi connectivity index (χ2n) is 5.62. The number of methoxy groups -OCH3 is 2. The van der Waals surface area contributed by atoms with Crippen LogP contribution in [0.25, 0.3) is 10.9 Å². The molecule has 0 amide bonds. The highest BCUT2D eigenvalue weighted by Gasteiger charge is 2.20. The molecule has 1 aliphatic heterocycles. The van der Waals surface area contributed by atoms with Gasteiger partial charge in [0.15, 0.2) is 11.5 Å². The Labute approximate surface area is 124 Å². The molecule has 112 valence electrons. The highest BCUT2D eigenvalue weighted by molar-refractivity contribution is 5.92. The third-order valence-electron chi connectivity index (χ3n) is 4.08. The lowest BCUT2D eigenvalue weighted by Gasteiger charge is -2.32. The largest absolute Gasteiger partial charge is 0.493 e. The number of rotatable bonds is 3. The molecule has 5 nitrogen and oxygen atoms in total. The van der Waals surface area contributed by atoms with Crippen LogP contribution in [0.2, 0.25) is 0 Å². The molecule has 0 N–H and O–H groups in total. The van der Waals surface area contributed by atoms with Gasteiger partial charge in [0.25, 0.3) is 0 Å². The van der Waals surface area contributed by atoms with Crippen molar-refractivity contribution in [2.45, 2.75) is 19.8 Å². The zero-order valence-electron chi connectivity index (χ0n) is 12.8. The average Bonchev–Trinajstić information content (AvgIpc) is 2.52. The Morgan fingerprint density at radius 2 is 1.90 bits per heavy atom. The van der Waals surface area contributed by atoms with Crippen LogP contribution in [0.15, 0.2) is 18.5 Å². The molecule has 2 aromatic rings. The number of piperidine rings is 1. The Kier molecular flexibility index (Phi) is 3.82. The molecular weight excluding hydrogens is 266 g/mol. The van der Waals surface area contributed by atoms with Gasteiger partial charge in [-0.15, -0.1) is 0 Å².